The van der Waals surface area contributed by atoms with E-state index < -0.39 is 0 Å². The number of nitrogens with one attached hydrogen (secondary N) is 1. The smallest absolute Gasteiger partial charge is 0.219 e. The van der Waals surface area contributed by atoms with Crippen LogP contribution in [-0.2, 0) is 0 Å². The van der Waals surface area contributed by atoms with Gasteiger partial charge in [0.1, 0.15) is 5.75 Å². The normalized spacial score (nSPS) is 12.2. The van der Waals surface area contributed by atoms with Gasteiger partial charge < -0.3 is 10.1 Å². The molecule has 0 bridgehead atoms. The molecule has 2 aromatic rings. The third-order valence-electron chi connectivity index (χ3n) is 3.31. The minimum Gasteiger partial charge on any atom is -0.439 e. The molecule has 0 saturated carbocycles. The van der Waals surface area contributed by atoms with Crippen molar-refractivity contribution in [1.82, 2.24) is 10.3 Å². The number of aromatic nitrogens is 1. The van der Waals surface area contributed by atoms with Crippen molar-refractivity contribution >= 4 is 11.6 Å². The highest BCUT2D eigenvalue weighted by molar-refractivity contribution is 6.31. The predicted molar refractivity (Wildman–Crippen MR) is 87.2 cm³/mol. The molecule has 0 radical (unpaired) electrons. The van der Waals surface area contributed by atoms with E-state index in [1.54, 1.807) is 0 Å². The molecule has 0 saturated heterocycles. The van der Waals surface area contributed by atoms with Crippen LogP contribution in [0.4, 0.5) is 0 Å². The van der Waals surface area contributed by atoms with E-state index in [1.807, 2.05) is 43.5 Å². The predicted octanol–water partition coefficient (Wildman–Crippen LogP) is 4.90. The summed E-state index contributed by atoms with van der Waals surface area (Å²) in [5, 5.41) is 4.17. The van der Waals surface area contributed by atoms with Crippen LogP contribution in [0.5, 0.6) is 11.6 Å². The van der Waals surface area contributed by atoms with Crippen molar-refractivity contribution in [3.63, 3.8) is 0 Å². The average molecular weight is 305 g/mol. The molecule has 0 aliphatic rings. The average Bonchev–Trinajstić information content (AvgIpc) is 2.49. The Morgan fingerprint density at radius 1 is 1.29 bits per heavy atom. The summed E-state index contributed by atoms with van der Waals surface area (Å²) in [6.45, 7) is 7.25. The van der Waals surface area contributed by atoms with Gasteiger partial charge in [-0.25, -0.2) is 4.98 Å². The van der Waals surface area contributed by atoms with Gasteiger partial charge in [-0.2, -0.15) is 0 Å². The zero-order valence-corrected chi connectivity index (χ0v) is 13.4. The van der Waals surface area contributed by atoms with Crippen LogP contribution in [0.15, 0.2) is 36.5 Å². The molecule has 1 unspecified atom stereocenters. The van der Waals surface area contributed by atoms with E-state index in [1.165, 1.54) is 0 Å². The van der Waals surface area contributed by atoms with Crippen LogP contribution < -0.4 is 10.1 Å². The largest absolute Gasteiger partial charge is 0.439 e. The molecule has 4 heteroatoms. The molecule has 0 fully saturated rings. The lowest BCUT2D eigenvalue weighted by Crippen LogP contribution is -2.19. The number of ether oxygens (including phenoxy) is 1. The van der Waals surface area contributed by atoms with E-state index in [2.05, 4.69) is 24.1 Å². The van der Waals surface area contributed by atoms with Gasteiger partial charge in [0, 0.05) is 23.3 Å². The Morgan fingerprint density at radius 3 is 2.71 bits per heavy atom. The molecule has 1 atom stereocenters. The number of benzene rings is 1. The van der Waals surface area contributed by atoms with Crippen LogP contribution in [0.1, 0.15) is 37.4 Å². The zero-order chi connectivity index (χ0) is 15.2. The number of hydrogen-bond donors (Lipinski definition) is 1. The summed E-state index contributed by atoms with van der Waals surface area (Å²) in [7, 11) is 0. The van der Waals surface area contributed by atoms with E-state index in [4.69, 9.17) is 16.3 Å². The maximum Gasteiger partial charge on any atom is 0.219 e. The highest BCUT2D eigenvalue weighted by Gasteiger charge is 2.06. The summed E-state index contributed by atoms with van der Waals surface area (Å²) in [6, 6.07) is 9.81. The maximum atomic E-state index is 6.00. The minimum absolute atomic E-state index is 0.296. The van der Waals surface area contributed by atoms with Crippen molar-refractivity contribution in [3.05, 3.63) is 52.7 Å². The highest BCUT2D eigenvalue weighted by Crippen LogP contribution is 2.25. The van der Waals surface area contributed by atoms with Crippen molar-refractivity contribution in [2.75, 3.05) is 6.54 Å². The Morgan fingerprint density at radius 2 is 2.10 bits per heavy atom. The maximum absolute atomic E-state index is 6.00. The number of pyridine rings is 1. The molecule has 21 heavy (non-hydrogen) atoms. The highest BCUT2D eigenvalue weighted by atomic mass is 35.5. The van der Waals surface area contributed by atoms with Crippen molar-refractivity contribution in [2.45, 2.75) is 33.2 Å². The number of aryl methyl sites for hydroxylation is 1. The molecule has 3 nitrogen and oxygen atoms in total. The first kappa shape index (κ1) is 15.8. The Balaban J connectivity index is 2.03. The molecule has 1 heterocycles. The standard InChI is InChI=1S/C17H21ClN2O/c1-4-9-19-13(3)14-5-8-17(20-11-14)21-15-6-7-16(18)12(2)10-15/h5-8,10-11,13,19H,4,9H2,1-3H3. The second kappa shape index (κ2) is 7.43. The SMILES string of the molecule is CCCNC(C)c1ccc(Oc2ccc(Cl)c(C)c2)nc1. The molecule has 0 spiro atoms. The molecular formula is C17H21ClN2O. The van der Waals surface area contributed by atoms with E-state index in [0.29, 0.717) is 11.9 Å². The summed E-state index contributed by atoms with van der Waals surface area (Å²) in [5.41, 5.74) is 2.14. The lowest BCUT2D eigenvalue weighted by Gasteiger charge is -2.13. The third kappa shape index (κ3) is 4.45. The van der Waals surface area contributed by atoms with Gasteiger partial charge in [0.2, 0.25) is 5.88 Å². The molecule has 1 aromatic heterocycles. The molecule has 0 aliphatic carbocycles. The van der Waals surface area contributed by atoms with Gasteiger partial charge >= 0.3 is 0 Å². The van der Waals surface area contributed by atoms with E-state index in [9.17, 15) is 0 Å². The topological polar surface area (TPSA) is 34.1 Å². The van der Waals surface area contributed by atoms with Crippen LogP contribution in [-0.4, -0.2) is 11.5 Å². The van der Waals surface area contributed by atoms with Crippen LogP contribution >= 0.6 is 11.6 Å². The van der Waals surface area contributed by atoms with Gasteiger partial charge in [-0.05, 0) is 56.1 Å². The molecule has 112 valence electrons. The van der Waals surface area contributed by atoms with Gasteiger partial charge in [-0.15, -0.1) is 0 Å². The van der Waals surface area contributed by atoms with Crippen molar-refractivity contribution in [3.8, 4) is 11.6 Å². The van der Waals surface area contributed by atoms with Gasteiger partial charge in [0.25, 0.3) is 0 Å². The van der Waals surface area contributed by atoms with Gasteiger partial charge in [-0.3, -0.25) is 0 Å². The Labute approximate surface area is 131 Å². The quantitative estimate of drug-likeness (QED) is 0.824. The fourth-order valence-electron chi connectivity index (χ4n) is 1.99. The lowest BCUT2D eigenvalue weighted by atomic mass is 10.1. The van der Waals surface area contributed by atoms with Crippen LogP contribution in [0.3, 0.4) is 0 Å². The zero-order valence-electron chi connectivity index (χ0n) is 12.7. The molecule has 1 aromatic carbocycles. The Hall–Kier alpha value is -1.58. The summed E-state index contributed by atoms with van der Waals surface area (Å²) in [4.78, 5) is 4.36. The van der Waals surface area contributed by atoms with Gasteiger partial charge in [-0.1, -0.05) is 24.6 Å². The van der Waals surface area contributed by atoms with Crippen molar-refractivity contribution < 1.29 is 4.74 Å². The first-order valence-electron chi connectivity index (χ1n) is 7.23. The van der Waals surface area contributed by atoms with Crippen molar-refractivity contribution in [1.29, 1.82) is 0 Å². The molecular weight excluding hydrogens is 284 g/mol. The second-order valence-corrected chi connectivity index (χ2v) is 5.53. The summed E-state index contributed by atoms with van der Waals surface area (Å²) >= 11 is 6.00. The summed E-state index contributed by atoms with van der Waals surface area (Å²) in [6.07, 6.45) is 2.97. The van der Waals surface area contributed by atoms with Crippen LogP contribution in [0.25, 0.3) is 0 Å². The number of hydrogen-bond acceptors (Lipinski definition) is 3. The first-order chi connectivity index (χ1) is 10.1. The lowest BCUT2D eigenvalue weighted by molar-refractivity contribution is 0.461. The fraction of sp³-hybridized carbons (Fsp3) is 0.353. The second-order valence-electron chi connectivity index (χ2n) is 5.12. The van der Waals surface area contributed by atoms with Crippen LogP contribution in [0.2, 0.25) is 5.02 Å². The van der Waals surface area contributed by atoms with Crippen LogP contribution in [0, 0.1) is 6.92 Å². The molecule has 0 amide bonds. The first-order valence-corrected chi connectivity index (χ1v) is 7.61. The number of rotatable bonds is 6. The fourth-order valence-corrected chi connectivity index (χ4v) is 2.11. The van der Waals surface area contributed by atoms with E-state index in [0.717, 1.165) is 34.9 Å². The number of halogens is 1. The summed E-state index contributed by atoms with van der Waals surface area (Å²) < 4.78 is 5.74. The Bertz CT molecular complexity index is 584. The molecule has 0 aliphatic heterocycles. The van der Waals surface area contributed by atoms with E-state index >= 15 is 0 Å². The van der Waals surface area contributed by atoms with E-state index in [-0.39, 0.29) is 0 Å². The summed E-state index contributed by atoms with van der Waals surface area (Å²) in [5.74, 6) is 1.33. The van der Waals surface area contributed by atoms with Gasteiger partial charge in [0.05, 0.1) is 0 Å². The van der Waals surface area contributed by atoms with Gasteiger partial charge in [0.15, 0.2) is 0 Å². The van der Waals surface area contributed by atoms with Crippen molar-refractivity contribution in [2.24, 2.45) is 0 Å². The molecule has 2 rings (SSSR count). The minimum atomic E-state index is 0.296. The number of nitrogens with zero attached hydrogens (tertiary/aromatic N) is 1. The third-order valence-corrected chi connectivity index (χ3v) is 3.74. The Kier molecular flexibility index (Phi) is 5.59. The monoisotopic (exact) mass is 304 g/mol. The molecule has 1 N–H and O–H groups in total.